The van der Waals surface area contributed by atoms with Gasteiger partial charge in [0.1, 0.15) is 12.9 Å². The van der Waals surface area contributed by atoms with Crippen LogP contribution in [0.3, 0.4) is 0 Å². The number of aliphatic hydroxyl groups excluding tert-OH is 1. The van der Waals surface area contributed by atoms with Crippen molar-refractivity contribution in [3.63, 3.8) is 0 Å². The molecule has 0 aliphatic carbocycles. The van der Waals surface area contributed by atoms with Gasteiger partial charge in [0.15, 0.2) is 18.9 Å². The molecule has 1 aromatic heterocycles. The minimum Gasteiger partial charge on any atom is -1.00 e. The largest absolute Gasteiger partial charge is 1.00 e. The average Bonchev–Trinajstić information content (AvgIpc) is 2.47. The van der Waals surface area contributed by atoms with Crippen molar-refractivity contribution in [1.82, 2.24) is 0 Å². The maximum absolute atomic E-state index is 10.5. The topological polar surface area (TPSA) is 41.2 Å². The number of halogens is 1. The van der Waals surface area contributed by atoms with Crippen LogP contribution < -0.4 is 17.0 Å². The molecule has 1 heterocycles. The van der Waals surface area contributed by atoms with Gasteiger partial charge in [0.2, 0.25) is 0 Å². The average molecular weight is 290 g/mol. The van der Waals surface area contributed by atoms with Crippen LogP contribution in [0.15, 0.2) is 48.8 Å². The second kappa shape index (κ2) is 8.25. The van der Waals surface area contributed by atoms with E-state index in [2.05, 4.69) is 0 Å². The lowest BCUT2D eigenvalue weighted by Crippen LogP contribution is -3.00. The third-order valence-corrected chi connectivity index (χ3v) is 2.82. The van der Waals surface area contributed by atoms with Gasteiger partial charge >= 0.3 is 0 Å². The highest BCUT2D eigenvalue weighted by Gasteiger charge is 1.97. The summed E-state index contributed by atoms with van der Waals surface area (Å²) in [6, 6.07) is 11.4. The summed E-state index contributed by atoms with van der Waals surface area (Å²) in [6.07, 6.45) is 8.72. The van der Waals surface area contributed by atoms with Crippen molar-refractivity contribution in [2.75, 3.05) is 6.61 Å². The minimum absolute atomic E-state index is 0. The number of hydrogen-bond donors (Lipinski definition) is 1. The first kappa shape index (κ1) is 16.1. The zero-order chi connectivity index (χ0) is 13.5. The molecule has 1 aromatic carbocycles. The van der Waals surface area contributed by atoms with E-state index in [-0.39, 0.29) is 19.0 Å². The Bertz CT molecular complexity index is 562. The normalized spacial score (nSPS) is 10.2. The summed E-state index contributed by atoms with van der Waals surface area (Å²) < 4.78 is 1.93. The van der Waals surface area contributed by atoms with Gasteiger partial charge in [-0.3, -0.25) is 4.79 Å². The molecule has 1 N–H and O–H groups in total. The monoisotopic (exact) mass is 289 g/mol. The predicted octanol–water partition coefficient (Wildman–Crippen LogP) is -1.05. The molecular weight excluding hydrogens is 274 g/mol. The van der Waals surface area contributed by atoms with Gasteiger partial charge in [-0.05, 0) is 11.1 Å². The summed E-state index contributed by atoms with van der Waals surface area (Å²) in [6.45, 7) is 0.750. The van der Waals surface area contributed by atoms with Crippen LogP contribution in [-0.4, -0.2) is 18.0 Å². The molecule has 0 aliphatic rings. The highest BCUT2D eigenvalue weighted by atomic mass is 35.5. The highest BCUT2D eigenvalue weighted by molar-refractivity contribution is 5.76. The van der Waals surface area contributed by atoms with E-state index >= 15 is 0 Å². The Morgan fingerprint density at radius 3 is 1.90 bits per heavy atom. The van der Waals surface area contributed by atoms with Crippen molar-refractivity contribution in [2.24, 2.45) is 0 Å². The number of carbonyl (C=O) groups is 1. The highest BCUT2D eigenvalue weighted by Crippen LogP contribution is 2.08. The lowest BCUT2D eigenvalue weighted by atomic mass is 10.1. The van der Waals surface area contributed by atoms with E-state index in [0.717, 1.165) is 17.4 Å². The number of carbonyl (C=O) groups excluding carboxylic acids is 1. The third-order valence-electron chi connectivity index (χ3n) is 2.82. The Kier molecular flexibility index (Phi) is 6.64. The molecule has 2 aromatic rings. The molecule has 104 valence electrons. The number of rotatable bonds is 5. The predicted molar refractivity (Wildman–Crippen MR) is 74.5 cm³/mol. The fourth-order valence-electron chi connectivity index (χ4n) is 1.72. The maximum Gasteiger partial charge on any atom is 0.171 e. The molecule has 0 aliphatic heterocycles. The van der Waals surface area contributed by atoms with Gasteiger partial charge in [0.25, 0.3) is 0 Å². The summed E-state index contributed by atoms with van der Waals surface area (Å²) in [7, 11) is 0. The van der Waals surface area contributed by atoms with E-state index in [1.807, 2.05) is 53.4 Å². The molecule has 20 heavy (non-hydrogen) atoms. The molecule has 2 rings (SSSR count). The number of nitrogens with zero attached hydrogens (tertiary/aromatic N) is 1. The van der Waals surface area contributed by atoms with Crippen LogP contribution >= 0.6 is 0 Å². The van der Waals surface area contributed by atoms with E-state index in [9.17, 15) is 4.79 Å². The van der Waals surface area contributed by atoms with Gasteiger partial charge in [0.05, 0.1) is 0 Å². The zero-order valence-electron chi connectivity index (χ0n) is 10.9. The van der Waals surface area contributed by atoms with Crippen molar-refractivity contribution in [3.05, 3.63) is 65.5 Å². The van der Waals surface area contributed by atoms with E-state index in [1.54, 1.807) is 12.1 Å². The van der Waals surface area contributed by atoms with E-state index < -0.39 is 0 Å². The molecule has 0 radical (unpaired) electrons. The Morgan fingerprint density at radius 1 is 0.900 bits per heavy atom. The summed E-state index contributed by atoms with van der Waals surface area (Å²) >= 11 is 0. The fraction of sp³-hybridized carbons (Fsp3) is 0.125. The zero-order valence-corrected chi connectivity index (χ0v) is 11.7. The Balaban J connectivity index is 0.00000200. The molecule has 0 saturated carbocycles. The lowest BCUT2D eigenvalue weighted by molar-refractivity contribution is -0.698. The van der Waals surface area contributed by atoms with Crippen LogP contribution in [0, 0.1) is 0 Å². The summed E-state index contributed by atoms with van der Waals surface area (Å²) in [5.74, 6) is 0. The van der Waals surface area contributed by atoms with Crippen molar-refractivity contribution in [3.8, 4) is 0 Å². The van der Waals surface area contributed by atoms with Crippen LogP contribution in [-0.2, 0) is 6.54 Å². The number of hydrogen-bond acceptors (Lipinski definition) is 2. The summed E-state index contributed by atoms with van der Waals surface area (Å²) in [4.78, 5) is 10.5. The van der Waals surface area contributed by atoms with Crippen LogP contribution in [0.25, 0.3) is 12.2 Å². The third kappa shape index (κ3) is 4.61. The van der Waals surface area contributed by atoms with Gasteiger partial charge in [-0.15, -0.1) is 0 Å². The number of benzene rings is 1. The smallest absolute Gasteiger partial charge is 0.171 e. The summed E-state index contributed by atoms with van der Waals surface area (Å²) in [5, 5.41) is 8.82. The van der Waals surface area contributed by atoms with Crippen LogP contribution in [0.5, 0.6) is 0 Å². The Hall–Kier alpha value is -1.97. The second-order valence-corrected chi connectivity index (χ2v) is 4.21. The molecule has 0 bridgehead atoms. The van der Waals surface area contributed by atoms with Gasteiger partial charge < -0.3 is 17.5 Å². The van der Waals surface area contributed by atoms with Crippen molar-refractivity contribution in [2.45, 2.75) is 6.54 Å². The summed E-state index contributed by atoms with van der Waals surface area (Å²) in [5.41, 5.74) is 2.83. The molecule has 0 saturated heterocycles. The Morgan fingerprint density at radius 2 is 1.40 bits per heavy atom. The molecule has 0 amide bonds. The molecule has 4 heteroatoms. The fourth-order valence-corrected chi connectivity index (χ4v) is 1.72. The standard InChI is InChI=1S/C16H16NO2.ClH/c18-12-11-17-9-7-15(8-10-17)2-1-14-3-5-16(13-19)6-4-14;/h1-10,13,18H,11-12H2;1H/q+1;/p-1. The number of aldehydes is 1. The first-order chi connectivity index (χ1) is 9.31. The Labute approximate surface area is 124 Å². The van der Waals surface area contributed by atoms with E-state index in [4.69, 9.17) is 5.11 Å². The van der Waals surface area contributed by atoms with Gasteiger partial charge in [-0.25, -0.2) is 4.57 Å². The molecule has 0 fully saturated rings. The van der Waals surface area contributed by atoms with Crippen molar-refractivity contribution in [1.29, 1.82) is 0 Å². The number of aliphatic hydroxyl groups is 1. The van der Waals surface area contributed by atoms with Gasteiger partial charge in [-0.1, -0.05) is 36.4 Å². The second-order valence-electron chi connectivity index (χ2n) is 4.21. The molecule has 0 spiro atoms. The first-order valence-electron chi connectivity index (χ1n) is 6.15. The maximum atomic E-state index is 10.5. The van der Waals surface area contributed by atoms with E-state index in [1.165, 1.54) is 0 Å². The molecular formula is C16H16ClNO2. The van der Waals surface area contributed by atoms with Gasteiger partial charge in [-0.2, -0.15) is 0 Å². The minimum atomic E-state index is 0. The van der Waals surface area contributed by atoms with E-state index in [0.29, 0.717) is 12.1 Å². The number of pyridine rings is 1. The van der Waals surface area contributed by atoms with Crippen LogP contribution in [0.1, 0.15) is 21.5 Å². The quantitative estimate of drug-likeness (QED) is 0.564. The van der Waals surface area contributed by atoms with Crippen molar-refractivity contribution < 1.29 is 26.9 Å². The molecule has 0 unspecified atom stereocenters. The van der Waals surface area contributed by atoms with Crippen LogP contribution in [0.2, 0.25) is 0 Å². The first-order valence-corrected chi connectivity index (χ1v) is 6.15. The van der Waals surface area contributed by atoms with Crippen molar-refractivity contribution >= 4 is 18.4 Å². The van der Waals surface area contributed by atoms with Crippen LogP contribution in [0.4, 0.5) is 0 Å². The lowest BCUT2D eigenvalue weighted by Gasteiger charge is -1.96. The SMILES string of the molecule is O=Cc1ccc(C=Cc2cc[n+](CCO)cc2)cc1.[Cl-]. The number of aromatic nitrogens is 1. The molecule has 0 atom stereocenters. The van der Waals surface area contributed by atoms with Gasteiger partial charge in [0, 0.05) is 17.7 Å². The molecule has 3 nitrogen and oxygen atoms in total.